The van der Waals surface area contributed by atoms with E-state index in [9.17, 15) is 14.7 Å². The van der Waals surface area contributed by atoms with E-state index in [1.165, 1.54) is 0 Å². The Morgan fingerprint density at radius 1 is 1.21 bits per heavy atom. The van der Waals surface area contributed by atoms with Crippen molar-refractivity contribution in [3.05, 3.63) is 60.0 Å². The van der Waals surface area contributed by atoms with E-state index in [1.807, 2.05) is 77.3 Å². The number of carbonyl (C=O) groups excluding carboxylic acids is 2. The molecule has 1 aromatic heterocycles. The van der Waals surface area contributed by atoms with Crippen molar-refractivity contribution in [3.8, 4) is 0 Å². The molecule has 0 radical (unpaired) electrons. The standard InChI is InChI=1S/C30H44N4O5/c1-21(26-10-7-15-31-32-26)8-6-9-23(3)29-24(4)12-14-27(22(2)11-13-25(35)20-28(36)39-29)38-30(37)34-18-16-33(5)17-19-34/h6-10,12,14-15,21-22,24-25,27,29,35H,11,13,16-20H2,1-5H3/b8-6+,14-12+,23-9+/t21?,22-,24-,25+,27-,29+/m0/s1. The van der Waals surface area contributed by atoms with Crippen molar-refractivity contribution in [2.24, 2.45) is 11.8 Å². The summed E-state index contributed by atoms with van der Waals surface area (Å²) in [6.07, 6.45) is 10.3. The summed E-state index contributed by atoms with van der Waals surface area (Å²) in [7, 11) is 2.04. The van der Waals surface area contributed by atoms with Crippen LogP contribution < -0.4 is 0 Å². The molecule has 0 aliphatic carbocycles. The predicted molar refractivity (Wildman–Crippen MR) is 150 cm³/mol. The molecule has 1 aromatic rings. The third-order valence-electron chi connectivity index (χ3n) is 7.52. The van der Waals surface area contributed by atoms with Crippen LogP contribution in [-0.2, 0) is 14.3 Å². The van der Waals surface area contributed by atoms with E-state index in [4.69, 9.17) is 9.47 Å². The van der Waals surface area contributed by atoms with Crippen LogP contribution in [0, 0.1) is 11.8 Å². The summed E-state index contributed by atoms with van der Waals surface area (Å²) in [4.78, 5) is 29.6. The van der Waals surface area contributed by atoms with Gasteiger partial charge in [0, 0.05) is 44.2 Å². The first-order chi connectivity index (χ1) is 18.6. The van der Waals surface area contributed by atoms with Gasteiger partial charge in [0.05, 0.1) is 18.2 Å². The smallest absolute Gasteiger partial charge is 0.410 e. The number of esters is 1. The topological polar surface area (TPSA) is 105 Å². The van der Waals surface area contributed by atoms with Gasteiger partial charge in [0.15, 0.2) is 0 Å². The number of amides is 1. The zero-order valence-electron chi connectivity index (χ0n) is 23.9. The highest BCUT2D eigenvalue weighted by Gasteiger charge is 2.29. The van der Waals surface area contributed by atoms with Crippen molar-refractivity contribution in [1.82, 2.24) is 20.0 Å². The van der Waals surface area contributed by atoms with E-state index in [0.29, 0.717) is 25.9 Å². The third-order valence-corrected chi connectivity index (χ3v) is 7.52. The molecule has 39 heavy (non-hydrogen) atoms. The molecule has 1 fully saturated rings. The van der Waals surface area contributed by atoms with Crippen LogP contribution in [0.25, 0.3) is 0 Å². The van der Waals surface area contributed by atoms with Gasteiger partial charge in [0.25, 0.3) is 0 Å². The Labute approximate surface area is 232 Å². The summed E-state index contributed by atoms with van der Waals surface area (Å²) < 4.78 is 11.8. The average Bonchev–Trinajstić information content (AvgIpc) is 2.92. The van der Waals surface area contributed by atoms with Crippen LogP contribution in [0.3, 0.4) is 0 Å². The average molecular weight is 541 g/mol. The maximum absolute atomic E-state index is 12.9. The van der Waals surface area contributed by atoms with Crippen LogP contribution >= 0.6 is 0 Å². The van der Waals surface area contributed by atoms with Crippen molar-refractivity contribution >= 4 is 12.1 Å². The molecule has 0 saturated carbocycles. The number of aromatic nitrogens is 2. The quantitative estimate of drug-likeness (QED) is 0.338. The molecule has 6 atom stereocenters. The van der Waals surface area contributed by atoms with Gasteiger partial charge in [-0.05, 0) is 56.5 Å². The van der Waals surface area contributed by atoms with Crippen molar-refractivity contribution in [2.45, 2.75) is 71.2 Å². The van der Waals surface area contributed by atoms with Crippen molar-refractivity contribution in [1.29, 1.82) is 0 Å². The highest BCUT2D eigenvalue weighted by atomic mass is 16.6. The summed E-state index contributed by atoms with van der Waals surface area (Å²) in [6, 6.07) is 3.79. The number of hydrogen-bond acceptors (Lipinski definition) is 8. The molecule has 1 amide bonds. The van der Waals surface area contributed by atoms with Crippen LogP contribution in [0.2, 0.25) is 0 Å². The Morgan fingerprint density at radius 3 is 2.64 bits per heavy atom. The van der Waals surface area contributed by atoms with Crippen LogP contribution in [-0.4, -0.2) is 88.7 Å². The minimum atomic E-state index is -0.815. The fraction of sp³-hybridized carbons (Fsp3) is 0.600. The molecule has 3 rings (SSSR count). The number of nitrogens with zero attached hydrogens (tertiary/aromatic N) is 4. The molecule has 0 spiro atoms. The first kappa shape index (κ1) is 30.5. The molecular weight excluding hydrogens is 496 g/mol. The maximum atomic E-state index is 12.9. The Hall–Kier alpha value is -3.04. The number of hydrogen-bond donors (Lipinski definition) is 1. The summed E-state index contributed by atoms with van der Waals surface area (Å²) >= 11 is 0. The fourth-order valence-corrected chi connectivity index (χ4v) is 4.75. The lowest BCUT2D eigenvalue weighted by Gasteiger charge is -2.33. The van der Waals surface area contributed by atoms with E-state index < -0.39 is 24.3 Å². The van der Waals surface area contributed by atoms with Crippen LogP contribution in [0.4, 0.5) is 4.79 Å². The lowest BCUT2D eigenvalue weighted by Crippen LogP contribution is -2.48. The van der Waals surface area contributed by atoms with Gasteiger partial charge < -0.3 is 24.4 Å². The Morgan fingerprint density at radius 2 is 1.95 bits per heavy atom. The Kier molecular flexibility index (Phi) is 11.7. The lowest BCUT2D eigenvalue weighted by molar-refractivity contribution is -0.151. The number of aliphatic hydroxyl groups excluding tert-OH is 1. The summed E-state index contributed by atoms with van der Waals surface area (Å²) in [5, 5.41) is 18.6. The van der Waals surface area contributed by atoms with Gasteiger partial charge in [-0.1, -0.05) is 45.1 Å². The molecule has 9 nitrogen and oxygen atoms in total. The van der Waals surface area contributed by atoms with Crippen molar-refractivity contribution in [3.63, 3.8) is 0 Å². The van der Waals surface area contributed by atoms with Gasteiger partial charge in [-0.3, -0.25) is 4.79 Å². The van der Waals surface area contributed by atoms with Gasteiger partial charge in [-0.2, -0.15) is 10.2 Å². The first-order valence-corrected chi connectivity index (χ1v) is 14.0. The molecule has 3 heterocycles. The predicted octanol–water partition coefficient (Wildman–Crippen LogP) is 4.12. The van der Waals surface area contributed by atoms with E-state index >= 15 is 0 Å². The molecule has 0 bridgehead atoms. The SMILES string of the molecule is C/C(=C\C=C\C(C)c1cccnn1)[C@H]1OC(=O)C[C@H](O)CC[C@H](C)[C@@H](OC(=O)N2CCN(C)CC2)/C=C/[C@@H]1C. The van der Waals surface area contributed by atoms with Gasteiger partial charge in [-0.25, -0.2) is 4.79 Å². The molecule has 0 aromatic carbocycles. The second-order valence-corrected chi connectivity index (χ2v) is 10.9. The number of likely N-dealkylation sites (N-methyl/N-ethyl adjacent to an activating group) is 1. The van der Waals surface area contributed by atoms with Crippen LogP contribution in [0.15, 0.2) is 54.3 Å². The largest absolute Gasteiger partial charge is 0.457 e. The van der Waals surface area contributed by atoms with Crippen molar-refractivity contribution in [2.75, 3.05) is 33.2 Å². The van der Waals surface area contributed by atoms with Crippen LogP contribution in [0.1, 0.15) is 58.6 Å². The number of rotatable bonds is 5. The number of allylic oxidation sites excluding steroid dienone is 3. The van der Waals surface area contributed by atoms with E-state index in [-0.39, 0.29) is 30.3 Å². The summed E-state index contributed by atoms with van der Waals surface area (Å²) in [6.45, 7) is 10.9. The lowest BCUT2D eigenvalue weighted by atomic mass is 9.92. The zero-order valence-corrected chi connectivity index (χ0v) is 23.9. The Bertz CT molecular complexity index is 1020. The number of ether oxygens (including phenoxy) is 2. The van der Waals surface area contributed by atoms with E-state index in [1.54, 1.807) is 11.1 Å². The van der Waals surface area contributed by atoms with E-state index in [0.717, 1.165) is 24.4 Å². The summed E-state index contributed by atoms with van der Waals surface area (Å²) in [5.41, 5.74) is 1.74. The molecule has 2 aliphatic rings. The van der Waals surface area contributed by atoms with Gasteiger partial charge >= 0.3 is 12.1 Å². The maximum Gasteiger partial charge on any atom is 0.410 e. The Balaban J connectivity index is 1.76. The molecule has 9 heteroatoms. The molecule has 1 saturated heterocycles. The number of cyclic esters (lactones) is 1. The minimum absolute atomic E-state index is 0.0180. The normalized spacial score (nSPS) is 29.7. The number of piperazine rings is 1. The first-order valence-electron chi connectivity index (χ1n) is 14.0. The highest BCUT2D eigenvalue weighted by molar-refractivity contribution is 5.70. The number of carbonyl (C=O) groups is 2. The molecule has 1 unspecified atom stereocenters. The summed E-state index contributed by atoms with van der Waals surface area (Å²) in [5.74, 6) is -0.546. The third kappa shape index (κ3) is 9.58. The monoisotopic (exact) mass is 540 g/mol. The van der Waals surface area contributed by atoms with Gasteiger partial charge in [0.2, 0.25) is 0 Å². The molecule has 2 aliphatic heterocycles. The molecule has 1 N–H and O–H groups in total. The van der Waals surface area contributed by atoms with Crippen LogP contribution in [0.5, 0.6) is 0 Å². The van der Waals surface area contributed by atoms with Crippen molar-refractivity contribution < 1.29 is 24.2 Å². The zero-order chi connectivity index (χ0) is 28.4. The second-order valence-electron chi connectivity index (χ2n) is 10.9. The fourth-order valence-electron chi connectivity index (χ4n) is 4.75. The van der Waals surface area contributed by atoms with E-state index in [2.05, 4.69) is 15.1 Å². The number of aliphatic hydroxyl groups is 1. The molecule has 214 valence electrons. The van der Waals surface area contributed by atoms with Gasteiger partial charge in [0.1, 0.15) is 12.2 Å². The van der Waals surface area contributed by atoms with Gasteiger partial charge in [-0.15, -0.1) is 0 Å². The second kappa shape index (κ2) is 14.9. The highest BCUT2D eigenvalue weighted by Crippen LogP contribution is 2.25. The molecular formula is C30H44N4O5. The minimum Gasteiger partial charge on any atom is -0.457 e.